The van der Waals surface area contributed by atoms with Gasteiger partial charge in [0.15, 0.2) is 0 Å². The number of ketones is 1. The van der Waals surface area contributed by atoms with Crippen LogP contribution in [0.3, 0.4) is 0 Å². The molecule has 118 valence electrons. The molecule has 0 radical (unpaired) electrons. The Morgan fingerprint density at radius 2 is 1.52 bits per heavy atom. The van der Waals surface area contributed by atoms with E-state index in [4.69, 9.17) is 0 Å². The molecule has 0 N–H and O–H groups in total. The lowest BCUT2D eigenvalue weighted by Crippen LogP contribution is -2.14. The second kappa shape index (κ2) is 8.45. The van der Waals surface area contributed by atoms with Crippen LogP contribution >= 0.6 is 0 Å². The maximum Gasteiger partial charge on any atom is 0.266 e. The first kappa shape index (κ1) is 16.4. The highest BCUT2D eigenvalue weighted by atomic mass is 19.3. The van der Waals surface area contributed by atoms with Crippen molar-refractivity contribution in [2.75, 3.05) is 0 Å². The number of allylic oxidation sites excluding steroid dienone is 3. The van der Waals surface area contributed by atoms with Crippen LogP contribution in [0.2, 0.25) is 0 Å². The smallest absolute Gasteiger partial charge is 0.266 e. The van der Waals surface area contributed by atoms with Crippen LogP contribution in [0, 0.1) is 17.8 Å². The summed E-state index contributed by atoms with van der Waals surface area (Å²) in [6.45, 7) is 0. The van der Waals surface area contributed by atoms with Crippen molar-refractivity contribution < 1.29 is 13.6 Å². The zero-order chi connectivity index (χ0) is 15.1. The molecule has 0 amide bonds. The van der Waals surface area contributed by atoms with Gasteiger partial charge in [-0.25, -0.2) is 0 Å². The Morgan fingerprint density at radius 1 is 0.952 bits per heavy atom. The van der Waals surface area contributed by atoms with Crippen molar-refractivity contribution in [1.29, 1.82) is 0 Å². The summed E-state index contributed by atoms with van der Waals surface area (Å²) in [5, 5.41) is 0. The summed E-state index contributed by atoms with van der Waals surface area (Å²) in [6, 6.07) is 0. The Balaban J connectivity index is 1.64. The van der Waals surface area contributed by atoms with Gasteiger partial charge in [-0.3, -0.25) is 4.79 Å². The Bertz CT molecular complexity index is 378. The molecule has 21 heavy (non-hydrogen) atoms. The minimum absolute atomic E-state index is 0.416. The number of carbonyl (C=O) groups excluding carboxylic acids is 1. The number of hydrogen-bond acceptors (Lipinski definition) is 1. The van der Waals surface area contributed by atoms with Crippen LogP contribution in [-0.4, -0.2) is 5.78 Å². The molecule has 0 aromatic carbocycles. The fraction of sp³-hybridized carbons (Fsp3) is 0.722. The van der Waals surface area contributed by atoms with Crippen molar-refractivity contribution in [2.24, 2.45) is 17.8 Å². The fourth-order valence-corrected chi connectivity index (χ4v) is 3.57. The number of carbonyl (C=O) groups is 1. The standard InChI is InChI=1S/C18H26F2O/c19-18(20)3-1-2-14-4-6-15(7-5-14)8-9-16-10-12-17(21)13-11-16/h3,8-9,14-16H,1-2,4-7,10-13H2. The van der Waals surface area contributed by atoms with Gasteiger partial charge in [-0.15, -0.1) is 0 Å². The second-order valence-corrected chi connectivity index (χ2v) is 6.61. The van der Waals surface area contributed by atoms with Crippen LogP contribution in [-0.2, 0) is 4.79 Å². The molecule has 0 aromatic rings. The van der Waals surface area contributed by atoms with Gasteiger partial charge in [0, 0.05) is 12.8 Å². The van der Waals surface area contributed by atoms with E-state index in [2.05, 4.69) is 12.2 Å². The van der Waals surface area contributed by atoms with Gasteiger partial charge in [-0.05, 0) is 75.2 Å². The number of halogens is 2. The molecule has 0 heterocycles. The van der Waals surface area contributed by atoms with E-state index in [-0.39, 0.29) is 0 Å². The maximum atomic E-state index is 12.0. The molecule has 1 nitrogen and oxygen atoms in total. The van der Waals surface area contributed by atoms with E-state index >= 15 is 0 Å². The first-order chi connectivity index (χ1) is 10.1. The van der Waals surface area contributed by atoms with Crippen molar-refractivity contribution in [1.82, 2.24) is 0 Å². The Hall–Kier alpha value is -0.990. The Labute approximate surface area is 126 Å². The number of Topliss-reactive ketones (excluding diaryl/α,β-unsaturated/α-hetero) is 1. The van der Waals surface area contributed by atoms with Crippen LogP contribution in [0.15, 0.2) is 24.3 Å². The predicted molar refractivity (Wildman–Crippen MR) is 81.1 cm³/mol. The molecule has 2 aliphatic carbocycles. The first-order valence-corrected chi connectivity index (χ1v) is 8.34. The lowest BCUT2D eigenvalue weighted by molar-refractivity contribution is -0.120. The average Bonchev–Trinajstić information content (AvgIpc) is 2.48. The van der Waals surface area contributed by atoms with Crippen LogP contribution in [0.1, 0.15) is 64.2 Å². The van der Waals surface area contributed by atoms with Crippen LogP contribution in [0.5, 0.6) is 0 Å². The quantitative estimate of drug-likeness (QED) is 0.597. The molecule has 3 heteroatoms. The number of hydrogen-bond donors (Lipinski definition) is 0. The molecule has 0 atom stereocenters. The van der Waals surface area contributed by atoms with Gasteiger partial charge in [0.2, 0.25) is 0 Å². The van der Waals surface area contributed by atoms with E-state index in [1.807, 2.05) is 0 Å². The highest BCUT2D eigenvalue weighted by Gasteiger charge is 2.20. The van der Waals surface area contributed by atoms with Crippen LogP contribution in [0.4, 0.5) is 8.78 Å². The maximum absolute atomic E-state index is 12.0. The summed E-state index contributed by atoms with van der Waals surface area (Å²) in [6.07, 6.45) is 13.9. The van der Waals surface area contributed by atoms with E-state index in [9.17, 15) is 13.6 Å². The highest BCUT2D eigenvalue weighted by molar-refractivity contribution is 5.79. The summed E-state index contributed by atoms with van der Waals surface area (Å²) in [4.78, 5) is 11.2. The third-order valence-corrected chi connectivity index (χ3v) is 5.01. The van der Waals surface area contributed by atoms with Gasteiger partial charge in [-0.1, -0.05) is 12.2 Å². The molecule has 0 bridgehead atoms. The minimum atomic E-state index is -1.54. The normalized spacial score (nSPS) is 28.0. The summed E-state index contributed by atoms with van der Waals surface area (Å²) in [5.74, 6) is 2.29. The summed E-state index contributed by atoms with van der Waals surface area (Å²) >= 11 is 0. The third kappa shape index (κ3) is 6.11. The van der Waals surface area contributed by atoms with E-state index < -0.39 is 6.08 Å². The molecule has 0 aromatic heterocycles. The summed E-state index contributed by atoms with van der Waals surface area (Å²) in [5.41, 5.74) is 0. The predicted octanol–water partition coefficient (Wildman–Crippen LogP) is 5.67. The van der Waals surface area contributed by atoms with Crippen LogP contribution in [0.25, 0.3) is 0 Å². The summed E-state index contributed by atoms with van der Waals surface area (Å²) in [7, 11) is 0. The zero-order valence-corrected chi connectivity index (χ0v) is 12.7. The van der Waals surface area contributed by atoms with Crippen molar-refractivity contribution in [3.63, 3.8) is 0 Å². The van der Waals surface area contributed by atoms with Gasteiger partial charge in [0.25, 0.3) is 6.08 Å². The molecule has 2 fully saturated rings. The third-order valence-electron chi connectivity index (χ3n) is 5.01. The van der Waals surface area contributed by atoms with E-state index in [1.54, 1.807) is 0 Å². The molecule has 2 aliphatic rings. The van der Waals surface area contributed by atoms with Gasteiger partial charge in [0.1, 0.15) is 5.78 Å². The van der Waals surface area contributed by atoms with E-state index in [0.717, 1.165) is 38.2 Å². The van der Waals surface area contributed by atoms with Gasteiger partial charge < -0.3 is 0 Å². The zero-order valence-electron chi connectivity index (χ0n) is 12.7. The first-order valence-electron chi connectivity index (χ1n) is 8.34. The molecule has 2 rings (SSSR count). The SMILES string of the molecule is O=C1CCC(C=CC2CCC(CCC=C(F)F)CC2)CC1. The van der Waals surface area contributed by atoms with Crippen molar-refractivity contribution >= 4 is 5.78 Å². The molecule has 2 saturated carbocycles. The average molecular weight is 296 g/mol. The van der Waals surface area contributed by atoms with Gasteiger partial charge >= 0.3 is 0 Å². The lowest BCUT2D eigenvalue weighted by Gasteiger charge is -2.27. The van der Waals surface area contributed by atoms with Gasteiger partial charge in [0.05, 0.1) is 0 Å². The van der Waals surface area contributed by atoms with E-state index in [0.29, 0.717) is 30.0 Å². The van der Waals surface area contributed by atoms with Crippen LogP contribution < -0.4 is 0 Å². The minimum Gasteiger partial charge on any atom is -0.300 e. The van der Waals surface area contributed by atoms with Crippen molar-refractivity contribution in [3.8, 4) is 0 Å². The lowest BCUT2D eigenvalue weighted by atomic mass is 9.79. The Morgan fingerprint density at radius 3 is 2.10 bits per heavy atom. The largest absolute Gasteiger partial charge is 0.300 e. The van der Waals surface area contributed by atoms with Gasteiger partial charge in [-0.2, -0.15) is 8.78 Å². The number of rotatable bonds is 5. The Kier molecular flexibility index (Phi) is 6.59. The molecular weight excluding hydrogens is 270 g/mol. The topological polar surface area (TPSA) is 17.1 Å². The monoisotopic (exact) mass is 296 g/mol. The molecule has 0 unspecified atom stereocenters. The second-order valence-electron chi connectivity index (χ2n) is 6.61. The summed E-state index contributed by atoms with van der Waals surface area (Å²) < 4.78 is 24.0. The van der Waals surface area contributed by atoms with E-state index in [1.165, 1.54) is 25.7 Å². The molecule has 0 saturated heterocycles. The highest BCUT2D eigenvalue weighted by Crippen LogP contribution is 2.33. The van der Waals surface area contributed by atoms with Crippen molar-refractivity contribution in [2.45, 2.75) is 64.2 Å². The molecular formula is C18H26F2O. The van der Waals surface area contributed by atoms with Crippen molar-refractivity contribution in [3.05, 3.63) is 24.3 Å². The molecule has 0 spiro atoms. The fourth-order valence-electron chi connectivity index (χ4n) is 3.57. The molecule has 0 aliphatic heterocycles.